The van der Waals surface area contributed by atoms with Gasteiger partial charge in [-0.1, -0.05) is 114 Å². The van der Waals surface area contributed by atoms with Crippen LogP contribution in [0.15, 0.2) is 188 Å². The molecule has 7 heteroatoms. The van der Waals surface area contributed by atoms with Crippen LogP contribution in [0, 0.1) is 13.8 Å². The Hall–Kier alpha value is -7.89. The first-order chi connectivity index (χ1) is 31.1. The number of para-hydroxylation sites is 3. The maximum Gasteiger partial charge on any atom is 0.256 e. The van der Waals surface area contributed by atoms with E-state index in [1.807, 2.05) is 0 Å². The molecule has 0 radical (unpaired) electrons. The second-order valence-corrected chi connectivity index (χ2v) is 17.4. The van der Waals surface area contributed by atoms with Gasteiger partial charge in [-0.3, -0.25) is 0 Å². The van der Waals surface area contributed by atoms with Crippen molar-refractivity contribution in [3.05, 3.63) is 199 Å². The highest BCUT2D eigenvalue weighted by Crippen LogP contribution is 2.46. The van der Waals surface area contributed by atoms with Gasteiger partial charge in [-0.05, 0) is 132 Å². The first-order valence-corrected chi connectivity index (χ1v) is 21.8. The molecule has 1 aromatic heterocycles. The van der Waals surface area contributed by atoms with Crippen LogP contribution in [0.4, 0.5) is 34.1 Å². The molecule has 0 spiro atoms. The predicted molar refractivity (Wildman–Crippen MR) is 262 cm³/mol. The highest BCUT2D eigenvalue weighted by atomic mass is 16.5. The number of aryl methyl sites for hydroxylation is 2. The van der Waals surface area contributed by atoms with Gasteiger partial charge in [-0.15, -0.1) is 0 Å². The lowest BCUT2D eigenvalue weighted by molar-refractivity contribution is 0.487. The standard InChI is InChI=1S/C56H37B2N3O2/c1-34-24-26-51-43(28-34)57-41-30-39-40-31-42-50(60(37-16-8-4-9-17-37)46-21-13-23-54-56(46)58(42)44-29-35(2)25-27-52(44)63-54)33-48(40)61(38-18-10-5-11-19-38)47(39)32-49(41)59(36-14-6-3-7-15-36)45-20-12-22-53(62-51)55(45)57/h3-33H,1-2H3. The molecule has 294 valence electrons. The molecule has 4 aliphatic heterocycles. The zero-order valence-electron chi connectivity index (χ0n) is 34.7. The molecular weight excluding hydrogens is 768 g/mol. The summed E-state index contributed by atoms with van der Waals surface area (Å²) in [5.74, 6) is 3.65. The number of aromatic nitrogens is 1. The molecule has 5 nitrogen and oxygen atoms in total. The summed E-state index contributed by atoms with van der Waals surface area (Å²) in [6.07, 6.45) is 0. The number of hydrogen-bond donors (Lipinski definition) is 0. The summed E-state index contributed by atoms with van der Waals surface area (Å²) in [6.45, 7) is 4.31. The van der Waals surface area contributed by atoms with Crippen molar-refractivity contribution >= 4 is 102 Å². The summed E-state index contributed by atoms with van der Waals surface area (Å²) in [7, 11) is 0. The van der Waals surface area contributed by atoms with Crippen LogP contribution in [-0.4, -0.2) is 18.0 Å². The second kappa shape index (κ2) is 12.8. The Labute approximate surface area is 366 Å². The van der Waals surface area contributed by atoms with Crippen LogP contribution in [0.2, 0.25) is 0 Å². The third-order valence-corrected chi connectivity index (χ3v) is 13.7. The maximum absolute atomic E-state index is 6.77. The van der Waals surface area contributed by atoms with Gasteiger partial charge in [-0.2, -0.15) is 0 Å². The maximum atomic E-state index is 6.77. The minimum Gasteiger partial charge on any atom is -0.458 e. The van der Waals surface area contributed by atoms with Gasteiger partial charge >= 0.3 is 0 Å². The SMILES string of the molecule is Cc1ccc2c(c1)B1c3cc4c5cc6c(cc5n(-c5ccccc5)c4cc3N(c3ccccc3)c3cccc(c31)O2)N(c1ccccc1)c1cccc2c1B6c1cc(C)ccc1O2. The van der Waals surface area contributed by atoms with Gasteiger partial charge in [0, 0.05) is 50.6 Å². The van der Waals surface area contributed by atoms with Crippen molar-refractivity contribution in [2.24, 2.45) is 0 Å². The largest absolute Gasteiger partial charge is 0.458 e. The topological polar surface area (TPSA) is 29.9 Å². The van der Waals surface area contributed by atoms with E-state index in [4.69, 9.17) is 9.47 Å². The van der Waals surface area contributed by atoms with E-state index in [9.17, 15) is 0 Å². The average molecular weight is 806 g/mol. The fraction of sp³-hybridized carbons (Fsp3) is 0.0357. The van der Waals surface area contributed by atoms with Crippen molar-refractivity contribution in [3.8, 4) is 28.7 Å². The van der Waals surface area contributed by atoms with E-state index in [0.717, 1.165) is 62.5 Å². The molecule has 0 bridgehead atoms. The number of fused-ring (bicyclic) bond motifs is 11. The number of rotatable bonds is 3. The molecule has 4 aliphatic rings. The number of benzene rings is 9. The van der Waals surface area contributed by atoms with Gasteiger partial charge < -0.3 is 23.8 Å². The summed E-state index contributed by atoms with van der Waals surface area (Å²) in [4.78, 5) is 4.89. The monoisotopic (exact) mass is 805 g/mol. The zero-order valence-corrected chi connectivity index (χ0v) is 34.7. The third kappa shape index (κ3) is 4.85. The molecule has 14 rings (SSSR count). The third-order valence-electron chi connectivity index (χ3n) is 13.7. The van der Waals surface area contributed by atoms with Gasteiger partial charge in [0.05, 0.1) is 11.0 Å². The molecule has 0 N–H and O–H groups in total. The lowest BCUT2D eigenvalue weighted by Crippen LogP contribution is -2.59. The van der Waals surface area contributed by atoms with Gasteiger partial charge in [0.1, 0.15) is 23.0 Å². The fourth-order valence-corrected chi connectivity index (χ4v) is 11.2. The van der Waals surface area contributed by atoms with Gasteiger partial charge in [-0.25, -0.2) is 0 Å². The summed E-state index contributed by atoms with van der Waals surface area (Å²) < 4.78 is 16.0. The van der Waals surface area contributed by atoms with Crippen LogP contribution in [0.5, 0.6) is 23.0 Å². The van der Waals surface area contributed by atoms with E-state index < -0.39 is 0 Å². The Morgan fingerprint density at radius 2 is 0.778 bits per heavy atom. The molecular formula is C56H37B2N3O2. The molecule has 0 saturated carbocycles. The second-order valence-electron chi connectivity index (χ2n) is 17.4. The molecule has 0 unspecified atom stereocenters. The van der Waals surface area contributed by atoms with E-state index in [0.29, 0.717) is 0 Å². The smallest absolute Gasteiger partial charge is 0.256 e. The zero-order chi connectivity index (χ0) is 41.5. The van der Waals surface area contributed by atoms with Crippen LogP contribution in [0.1, 0.15) is 11.1 Å². The molecule has 0 amide bonds. The predicted octanol–water partition coefficient (Wildman–Crippen LogP) is 10.2. The van der Waals surface area contributed by atoms with Crippen molar-refractivity contribution in [1.29, 1.82) is 0 Å². The van der Waals surface area contributed by atoms with Crippen LogP contribution in [0.3, 0.4) is 0 Å². The number of ether oxygens (including phenoxy) is 2. The van der Waals surface area contributed by atoms with Crippen molar-refractivity contribution < 1.29 is 9.47 Å². The molecule has 63 heavy (non-hydrogen) atoms. The van der Waals surface area contributed by atoms with E-state index in [1.165, 1.54) is 66.1 Å². The van der Waals surface area contributed by atoms with Crippen molar-refractivity contribution in [3.63, 3.8) is 0 Å². The first-order valence-electron chi connectivity index (χ1n) is 21.8. The van der Waals surface area contributed by atoms with Crippen LogP contribution in [-0.2, 0) is 0 Å². The first kappa shape index (κ1) is 34.8. The van der Waals surface area contributed by atoms with Crippen molar-refractivity contribution in [2.45, 2.75) is 13.8 Å². The quantitative estimate of drug-likeness (QED) is 0.166. The molecule has 10 aromatic rings. The fourth-order valence-electron chi connectivity index (χ4n) is 11.2. The van der Waals surface area contributed by atoms with Gasteiger partial charge in [0.2, 0.25) is 0 Å². The van der Waals surface area contributed by atoms with Crippen LogP contribution in [0.25, 0.3) is 27.5 Å². The normalized spacial score (nSPS) is 13.7. The van der Waals surface area contributed by atoms with E-state index in [1.54, 1.807) is 0 Å². The minimum absolute atomic E-state index is 0.0275. The summed E-state index contributed by atoms with van der Waals surface area (Å²) in [6, 6.07) is 68.7. The molecule has 0 aliphatic carbocycles. The highest BCUT2D eigenvalue weighted by Gasteiger charge is 2.44. The number of anilines is 6. The number of nitrogens with zero attached hydrogens (tertiary/aromatic N) is 3. The van der Waals surface area contributed by atoms with Crippen LogP contribution < -0.4 is 52.1 Å². The van der Waals surface area contributed by atoms with Crippen molar-refractivity contribution in [2.75, 3.05) is 9.80 Å². The Kier molecular flexibility index (Phi) is 7.08. The molecule has 0 saturated heterocycles. The Morgan fingerprint density at radius 1 is 0.349 bits per heavy atom. The molecule has 0 atom stereocenters. The summed E-state index contributed by atoms with van der Waals surface area (Å²) in [5.41, 5.74) is 20.0. The lowest BCUT2D eigenvalue weighted by atomic mass is 9.34. The van der Waals surface area contributed by atoms with Crippen molar-refractivity contribution in [1.82, 2.24) is 4.57 Å². The van der Waals surface area contributed by atoms with Crippen LogP contribution >= 0.6 is 0 Å². The minimum atomic E-state index is -0.0275. The highest BCUT2D eigenvalue weighted by molar-refractivity contribution is 7.00. The Morgan fingerprint density at radius 3 is 1.22 bits per heavy atom. The average Bonchev–Trinajstić information content (AvgIpc) is 3.63. The number of hydrogen-bond acceptors (Lipinski definition) is 4. The molecule has 0 fully saturated rings. The van der Waals surface area contributed by atoms with E-state index in [-0.39, 0.29) is 13.4 Å². The molecule has 9 aromatic carbocycles. The van der Waals surface area contributed by atoms with Gasteiger partial charge in [0.25, 0.3) is 13.4 Å². The molecule has 5 heterocycles. The van der Waals surface area contributed by atoms with E-state index in [2.05, 4.69) is 216 Å². The summed E-state index contributed by atoms with van der Waals surface area (Å²) in [5, 5.41) is 2.43. The Balaban J connectivity index is 1.13. The summed E-state index contributed by atoms with van der Waals surface area (Å²) >= 11 is 0. The van der Waals surface area contributed by atoms with E-state index >= 15 is 0 Å². The van der Waals surface area contributed by atoms with Gasteiger partial charge in [0.15, 0.2) is 0 Å². The lowest BCUT2D eigenvalue weighted by Gasteiger charge is -2.40. The Bertz CT molecular complexity index is 3360.